The number of benzene rings is 2. The van der Waals surface area contributed by atoms with Gasteiger partial charge >= 0.3 is 5.97 Å². The fourth-order valence-electron chi connectivity index (χ4n) is 3.86. The van der Waals surface area contributed by atoms with Gasteiger partial charge in [-0.05, 0) is 55.2 Å². The van der Waals surface area contributed by atoms with Crippen LogP contribution in [0.3, 0.4) is 0 Å². The summed E-state index contributed by atoms with van der Waals surface area (Å²) < 4.78 is 10.6. The number of hydrogen-bond donors (Lipinski definition) is 1. The number of rotatable bonds is 7. The largest absolute Gasteiger partial charge is 0.452 e. The maximum atomic E-state index is 12.7. The van der Waals surface area contributed by atoms with E-state index in [-0.39, 0.29) is 29.3 Å². The summed E-state index contributed by atoms with van der Waals surface area (Å²) in [5, 5.41) is 2.68. The second kappa shape index (κ2) is 9.32. The van der Waals surface area contributed by atoms with E-state index in [0.29, 0.717) is 12.3 Å². The minimum atomic E-state index is -0.747. The van der Waals surface area contributed by atoms with Gasteiger partial charge in [0.2, 0.25) is 0 Å². The lowest BCUT2D eigenvalue weighted by molar-refractivity contribution is -0.119. The Labute approximate surface area is 185 Å². The van der Waals surface area contributed by atoms with Crippen LogP contribution >= 0.6 is 0 Å². The molecule has 0 aromatic heterocycles. The van der Waals surface area contributed by atoms with Gasteiger partial charge in [-0.15, -0.1) is 0 Å². The van der Waals surface area contributed by atoms with E-state index in [1.54, 1.807) is 6.07 Å². The molecule has 8 heteroatoms. The van der Waals surface area contributed by atoms with Crippen LogP contribution in [0.1, 0.15) is 56.4 Å². The lowest BCUT2D eigenvalue weighted by atomic mass is 10.1. The molecule has 2 heterocycles. The minimum Gasteiger partial charge on any atom is -0.452 e. The van der Waals surface area contributed by atoms with E-state index in [2.05, 4.69) is 5.32 Å². The van der Waals surface area contributed by atoms with Crippen LogP contribution in [0.25, 0.3) is 0 Å². The van der Waals surface area contributed by atoms with Crippen molar-refractivity contribution in [1.82, 2.24) is 4.90 Å². The highest BCUT2D eigenvalue weighted by Gasteiger charge is 2.38. The predicted molar refractivity (Wildman–Crippen MR) is 116 cm³/mol. The minimum absolute atomic E-state index is 0.102. The Bertz CT molecular complexity index is 1070. The molecule has 2 aliphatic heterocycles. The summed E-state index contributed by atoms with van der Waals surface area (Å²) in [6, 6.07) is 11.6. The van der Waals surface area contributed by atoms with Crippen LogP contribution in [-0.2, 0) is 20.7 Å². The van der Waals surface area contributed by atoms with Crippen molar-refractivity contribution in [2.24, 2.45) is 0 Å². The van der Waals surface area contributed by atoms with Crippen molar-refractivity contribution in [3.8, 4) is 0 Å². The number of nitrogens with one attached hydrogen (secondary N) is 1. The normalized spacial score (nSPS) is 17.4. The second-order valence-corrected chi connectivity index (χ2v) is 7.79. The molecule has 0 saturated carbocycles. The first-order valence-corrected chi connectivity index (χ1v) is 10.6. The van der Waals surface area contributed by atoms with Crippen LogP contribution in [0.2, 0.25) is 0 Å². The molecule has 4 rings (SSSR count). The average Bonchev–Trinajstić information content (AvgIpc) is 3.40. The van der Waals surface area contributed by atoms with Gasteiger partial charge < -0.3 is 14.8 Å². The number of ether oxygens (including phenoxy) is 2. The first-order valence-electron chi connectivity index (χ1n) is 10.6. The maximum Gasteiger partial charge on any atom is 0.338 e. The van der Waals surface area contributed by atoms with Crippen molar-refractivity contribution < 1.29 is 28.7 Å². The number of imide groups is 1. The molecule has 1 saturated heterocycles. The zero-order chi connectivity index (χ0) is 22.7. The van der Waals surface area contributed by atoms with Gasteiger partial charge in [0.15, 0.2) is 6.61 Å². The van der Waals surface area contributed by atoms with E-state index in [9.17, 15) is 19.2 Å². The first kappa shape index (κ1) is 21.7. The molecule has 0 radical (unpaired) electrons. The summed E-state index contributed by atoms with van der Waals surface area (Å²) in [6.45, 7) is 2.37. The fourth-order valence-corrected chi connectivity index (χ4v) is 3.86. The second-order valence-electron chi connectivity index (χ2n) is 7.79. The van der Waals surface area contributed by atoms with Gasteiger partial charge in [0.25, 0.3) is 17.7 Å². The smallest absolute Gasteiger partial charge is 0.338 e. The third kappa shape index (κ3) is 4.55. The number of fused-ring (bicyclic) bond motifs is 1. The zero-order valence-corrected chi connectivity index (χ0v) is 17.8. The van der Waals surface area contributed by atoms with Crippen molar-refractivity contribution in [3.63, 3.8) is 0 Å². The number of carbonyl (C=O) groups excluding carboxylic acids is 4. The van der Waals surface area contributed by atoms with Crippen LogP contribution in [0.4, 0.5) is 5.69 Å². The van der Waals surface area contributed by atoms with Gasteiger partial charge in [-0.1, -0.05) is 19.1 Å². The number of hydrogen-bond acceptors (Lipinski definition) is 6. The van der Waals surface area contributed by atoms with Crippen molar-refractivity contribution in [2.75, 3.05) is 25.1 Å². The van der Waals surface area contributed by atoms with Crippen LogP contribution < -0.4 is 5.32 Å². The Balaban J connectivity index is 1.37. The standard InChI is InChI=1S/C24H24N2O6/c1-2-15-5-3-6-17(11-15)25-21(27)14-32-24(30)16-8-9-19-20(12-16)23(29)26(22(19)28)13-18-7-4-10-31-18/h3,5-6,8-9,11-12,18H,2,4,7,10,13-14H2,1H3,(H,25,27). The molecule has 1 unspecified atom stereocenters. The van der Waals surface area contributed by atoms with Crippen molar-refractivity contribution in [3.05, 3.63) is 64.7 Å². The molecule has 166 valence electrons. The summed E-state index contributed by atoms with van der Waals surface area (Å²) in [6.07, 6.45) is 2.39. The van der Waals surface area contributed by atoms with E-state index >= 15 is 0 Å². The topological polar surface area (TPSA) is 102 Å². The lowest BCUT2D eigenvalue weighted by Crippen LogP contribution is -2.36. The molecule has 0 aliphatic carbocycles. The van der Waals surface area contributed by atoms with Crippen LogP contribution in [0, 0.1) is 0 Å². The highest BCUT2D eigenvalue weighted by molar-refractivity contribution is 6.22. The van der Waals surface area contributed by atoms with E-state index < -0.39 is 30.3 Å². The molecule has 1 atom stereocenters. The van der Waals surface area contributed by atoms with E-state index in [1.165, 1.54) is 18.2 Å². The number of aryl methyl sites for hydroxylation is 1. The molecule has 3 amide bonds. The van der Waals surface area contributed by atoms with Gasteiger partial charge in [0.05, 0.1) is 29.3 Å². The molecule has 32 heavy (non-hydrogen) atoms. The molecule has 0 bridgehead atoms. The van der Waals surface area contributed by atoms with Gasteiger partial charge in [-0.2, -0.15) is 0 Å². The number of nitrogens with zero attached hydrogens (tertiary/aromatic N) is 1. The first-order chi connectivity index (χ1) is 15.5. The summed E-state index contributed by atoms with van der Waals surface area (Å²) in [5.74, 6) is -2.07. The summed E-state index contributed by atoms with van der Waals surface area (Å²) in [4.78, 5) is 51.0. The van der Waals surface area contributed by atoms with Crippen molar-refractivity contribution >= 4 is 29.4 Å². The molecule has 1 fully saturated rings. The molecule has 8 nitrogen and oxygen atoms in total. The van der Waals surface area contributed by atoms with Crippen molar-refractivity contribution in [1.29, 1.82) is 0 Å². The van der Waals surface area contributed by atoms with Crippen LogP contribution in [0.5, 0.6) is 0 Å². The molecular weight excluding hydrogens is 412 g/mol. The van der Waals surface area contributed by atoms with Gasteiger partial charge in [0.1, 0.15) is 0 Å². The molecule has 2 aromatic carbocycles. The van der Waals surface area contributed by atoms with Crippen LogP contribution in [0.15, 0.2) is 42.5 Å². The lowest BCUT2D eigenvalue weighted by Gasteiger charge is -2.17. The highest BCUT2D eigenvalue weighted by atomic mass is 16.5. The number of amides is 3. The molecular formula is C24H24N2O6. The third-order valence-electron chi connectivity index (χ3n) is 5.57. The summed E-state index contributed by atoms with van der Waals surface area (Å²) in [5.41, 5.74) is 2.20. The molecule has 0 spiro atoms. The monoisotopic (exact) mass is 436 g/mol. The summed E-state index contributed by atoms with van der Waals surface area (Å²) >= 11 is 0. The summed E-state index contributed by atoms with van der Waals surface area (Å²) in [7, 11) is 0. The number of carbonyl (C=O) groups is 4. The number of anilines is 1. The van der Waals surface area contributed by atoms with Gasteiger partial charge in [-0.25, -0.2) is 4.79 Å². The Morgan fingerprint density at radius 2 is 1.94 bits per heavy atom. The highest BCUT2D eigenvalue weighted by Crippen LogP contribution is 2.26. The van der Waals surface area contributed by atoms with Crippen molar-refractivity contribution in [2.45, 2.75) is 32.3 Å². The maximum absolute atomic E-state index is 12.7. The predicted octanol–water partition coefficient (Wildman–Crippen LogP) is 2.82. The average molecular weight is 436 g/mol. The molecule has 2 aromatic rings. The molecule has 2 aliphatic rings. The van der Waals surface area contributed by atoms with E-state index in [1.807, 2.05) is 25.1 Å². The Kier molecular flexibility index (Phi) is 6.32. The zero-order valence-electron chi connectivity index (χ0n) is 17.8. The number of esters is 1. The Morgan fingerprint density at radius 1 is 1.12 bits per heavy atom. The quantitative estimate of drug-likeness (QED) is 0.529. The van der Waals surface area contributed by atoms with Gasteiger partial charge in [0, 0.05) is 12.3 Å². The SMILES string of the molecule is CCc1cccc(NC(=O)COC(=O)c2ccc3c(c2)C(=O)N(CC2CCCO2)C3=O)c1. The van der Waals surface area contributed by atoms with E-state index in [0.717, 1.165) is 29.7 Å². The van der Waals surface area contributed by atoms with Gasteiger partial charge in [-0.3, -0.25) is 19.3 Å². The third-order valence-corrected chi connectivity index (χ3v) is 5.57. The van der Waals surface area contributed by atoms with E-state index in [4.69, 9.17) is 9.47 Å². The molecule has 1 N–H and O–H groups in total. The Morgan fingerprint density at radius 3 is 2.69 bits per heavy atom. The Hall–Kier alpha value is -3.52. The fraction of sp³-hybridized carbons (Fsp3) is 0.333. The van der Waals surface area contributed by atoms with Crippen LogP contribution in [-0.4, -0.2) is 54.5 Å².